The van der Waals surface area contributed by atoms with Crippen LogP contribution in [-0.4, -0.2) is 32.8 Å². The molecular formula is C21H27N5. The highest BCUT2D eigenvalue weighted by Crippen LogP contribution is 2.31. The van der Waals surface area contributed by atoms with Crippen LogP contribution < -0.4 is 4.90 Å². The zero-order chi connectivity index (χ0) is 18.1. The summed E-state index contributed by atoms with van der Waals surface area (Å²) in [6.45, 7) is 9.32. The summed E-state index contributed by atoms with van der Waals surface area (Å²) in [6, 6.07) is 10.8. The molecule has 1 fully saturated rings. The van der Waals surface area contributed by atoms with E-state index >= 15 is 0 Å². The Balaban J connectivity index is 1.61. The van der Waals surface area contributed by atoms with Crippen molar-refractivity contribution in [3.8, 4) is 0 Å². The zero-order valence-electron chi connectivity index (χ0n) is 15.9. The average molecular weight is 349 g/mol. The molecule has 1 atom stereocenters. The fourth-order valence-corrected chi connectivity index (χ4v) is 4.06. The molecule has 0 spiro atoms. The lowest BCUT2D eigenvalue weighted by atomic mass is 9.96. The number of nitrogens with zero attached hydrogens (tertiary/aromatic N) is 5. The molecule has 3 heterocycles. The number of aryl methyl sites for hydroxylation is 3. The van der Waals surface area contributed by atoms with Crippen LogP contribution in [0.15, 0.2) is 30.3 Å². The van der Waals surface area contributed by atoms with Gasteiger partial charge in [-0.1, -0.05) is 25.1 Å². The highest BCUT2D eigenvalue weighted by molar-refractivity contribution is 5.92. The van der Waals surface area contributed by atoms with E-state index in [2.05, 4.69) is 56.9 Å². The number of hydrogen-bond acceptors (Lipinski definition) is 4. The average Bonchev–Trinajstić information content (AvgIpc) is 2.98. The molecule has 0 aliphatic carbocycles. The largest absolute Gasteiger partial charge is 0.371 e. The first-order valence-electron chi connectivity index (χ1n) is 9.65. The van der Waals surface area contributed by atoms with Crippen LogP contribution in [0.25, 0.3) is 10.9 Å². The predicted octanol–water partition coefficient (Wildman–Crippen LogP) is 3.92. The second kappa shape index (κ2) is 7.06. The minimum absolute atomic E-state index is 0.598. The van der Waals surface area contributed by atoms with Crippen molar-refractivity contribution in [2.75, 3.05) is 18.0 Å². The normalized spacial score (nSPS) is 17.8. The lowest BCUT2D eigenvalue weighted by Gasteiger charge is -2.35. The molecule has 5 nitrogen and oxygen atoms in total. The number of aromatic nitrogens is 4. The highest BCUT2D eigenvalue weighted by atomic mass is 15.3. The third-order valence-electron chi connectivity index (χ3n) is 5.36. The van der Waals surface area contributed by atoms with Gasteiger partial charge in [-0.3, -0.25) is 4.98 Å². The van der Waals surface area contributed by atoms with Gasteiger partial charge in [-0.05, 0) is 51.2 Å². The number of anilines is 1. The van der Waals surface area contributed by atoms with Crippen LogP contribution in [0.5, 0.6) is 0 Å². The van der Waals surface area contributed by atoms with E-state index in [1.54, 1.807) is 0 Å². The molecule has 0 bridgehead atoms. The molecule has 0 saturated carbocycles. The van der Waals surface area contributed by atoms with Crippen molar-refractivity contribution in [1.29, 1.82) is 0 Å². The van der Waals surface area contributed by atoms with Crippen LogP contribution in [-0.2, 0) is 13.0 Å². The number of benzene rings is 1. The van der Waals surface area contributed by atoms with Crippen molar-refractivity contribution in [2.24, 2.45) is 5.92 Å². The first-order valence-corrected chi connectivity index (χ1v) is 9.65. The maximum absolute atomic E-state index is 4.80. The summed E-state index contributed by atoms with van der Waals surface area (Å²) < 4.78 is 2.08. The fraction of sp³-hybridized carbons (Fsp3) is 0.476. The van der Waals surface area contributed by atoms with E-state index in [1.165, 1.54) is 29.6 Å². The van der Waals surface area contributed by atoms with E-state index < -0.39 is 0 Å². The van der Waals surface area contributed by atoms with Crippen LogP contribution >= 0.6 is 0 Å². The van der Waals surface area contributed by atoms with Gasteiger partial charge in [0.05, 0.1) is 5.52 Å². The van der Waals surface area contributed by atoms with Crippen molar-refractivity contribution in [1.82, 2.24) is 19.7 Å². The zero-order valence-corrected chi connectivity index (χ0v) is 15.9. The summed E-state index contributed by atoms with van der Waals surface area (Å²) in [7, 11) is 0. The van der Waals surface area contributed by atoms with Crippen LogP contribution in [0.4, 0.5) is 5.69 Å². The van der Waals surface area contributed by atoms with Crippen molar-refractivity contribution in [3.05, 3.63) is 47.7 Å². The van der Waals surface area contributed by atoms with Crippen LogP contribution in [0.2, 0.25) is 0 Å². The number of fused-ring (bicyclic) bond motifs is 1. The van der Waals surface area contributed by atoms with Gasteiger partial charge in [0.1, 0.15) is 11.6 Å². The third-order valence-corrected chi connectivity index (χ3v) is 5.36. The van der Waals surface area contributed by atoms with Gasteiger partial charge in [-0.15, -0.1) is 0 Å². The van der Waals surface area contributed by atoms with Gasteiger partial charge in [-0.25, -0.2) is 9.67 Å². The Kier molecular flexibility index (Phi) is 4.62. The molecule has 3 aromatic rings. The molecular weight excluding hydrogens is 322 g/mol. The monoisotopic (exact) mass is 349 g/mol. The molecule has 2 aromatic heterocycles. The molecule has 1 aliphatic rings. The van der Waals surface area contributed by atoms with Gasteiger partial charge in [0.2, 0.25) is 0 Å². The summed E-state index contributed by atoms with van der Waals surface area (Å²) in [5.41, 5.74) is 3.61. The Morgan fingerprint density at radius 3 is 2.77 bits per heavy atom. The van der Waals surface area contributed by atoms with Gasteiger partial charge in [0, 0.05) is 36.4 Å². The summed E-state index contributed by atoms with van der Waals surface area (Å²) in [4.78, 5) is 11.8. The Morgan fingerprint density at radius 1 is 1.15 bits per heavy atom. The highest BCUT2D eigenvalue weighted by Gasteiger charge is 2.23. The summed E-state index contributed by atoms with van der Waals surface area (Å²) >= 11 is 0. The van der Waals surface area contributed by atoms with E-state index in [4.69, 9.17) is 4.98 Å². The second-order valence-corrected chi connectivity index (χ2v) is 7.35. The standard InChI is InChI=1S/C21H27N5/c1-4-18-12-21(19-9-5-6-10-20(19)23-18)25-11-7-8-17(13-25)14-26-16(3)22-15(2)24-26/h5-6,9-10,12,17H,4,7-8,11,13-14H2,1-3H3. The number of pyridine rings is 1. The topological polar surface area (TPSA) is 46.8 Å². The van der Waals surface area contributed by atoms with Gasteiger partial charge in [0.25, 0.3) is 0 Å². The molecule has 1 unspecified atom stereocenters. The Bertz CT molecular complexity index is 914. The van der Waals surface area contributed by atoms with Gasteiger partial charge in [-0.2, -0.15) is 5.10 Å². The van der Waals surface area contributed by atoms with Crippen molar-refractivity contribution < 1.29 is 0 Å². The lowest BCUT2D eigenvalue weighted by Crippen LogP contribution is -2.37. The van der Waals surface area contributed by atoms with Gasteiger partial charge < -0.3 is 4.90 Å². The minimum atomic E-state index is 0.598. The van der Waals surface area contributed by atoms with E-state index in [9.17, 15) is 0 Å². The molecule has 26 heavy (non-hydrogen) atoms. The van der Waals surface area contributed by atoms with E-state index in [0.29, 0.717) is 5.92 Å². The Hall–Kier alpha value is -2.43. The molecule has 136 valence electrons. The smallest absolute Gasteiger partial charge is 0.147 e. The number of rotatable bonds is 4. The molecule has 0 amide bonds. The molecule has 0 N–H and O–H groups in total. The SMILES string of the molecule is CCc1cc(N2CCCC(Cn3nc(C)nc3C)C2)c2ccccc2n1. The van der Waals surface area contributed by atoms with E-state index in [0.717, 1.165) is 43.2 Å². The maximum Gasteiger partial charge on any atom is 0.147 e. The van der Waals surface area contributed by atoms with Crippen molar-refractivity contribution >= 4 is 16.6 Å². The van der Waals surface area contributed by atoms with Gasteiger partial charge in [0.15, 0.2) is 0 Å². The molecule has 0 radical (unpaired) electrons. The van der Waals surface area contributed by atoms with Gasteiger partial charge >= 0.3 is 0 Å². The van der Waals surface area contributed by atoms with Crippen LogP contribution in [0, 0.1) is 19.8 Å². The van der Waals surface area contributed by atoms with Crippen molar-refractivity contribution in [2.45, 2.75) is 46.6 Å². The quantitative estimate of drug-likeness (QED) is 0.716. The number of para-hydroxylation sites is 1. The first kappa shape index (κ1) is 17.0. The minimum Gasteiger partial charge on any atom is -0.371 e. The number of hydrogen-bond donors (Lipinski definition) is 0. The summed E-state index contributed by atoms with van der Waals surface area (Å²) in [5.74, 6) is 2.48. The third kappa shape index (κ3) is 3.30. The maximum atomic E-state index is 4.80. The van der Waals surface area contributed by atoms with Crippen molar-refractivity contribution in [3.63, 3.8) is 0 Å². The van der Waals surface area contributed by atoms with Crippen LogP contribution in [0.3, 0.4) is 0 Å². The first-order chi connectivity index (χ1) is 12.6. The van der Waals surface area contributed by atoms with E-state index in [1.807, 2.05) is 13.8 Å². The number of piperidine rings is 1. The van der Waals surface area contributed by atoms with Crippen LogP contribution in [0.1, 0.15) is 37.1 Å². The summed E-state index contributed by atoms with van der Waals surface area (Å²) in [6.07, 6.45) is 3.43. The molecule has 1 aromatic carbocycles. The molecule has 5 heteroatoms. The predicted molar refractivity (Wildman–Crippen MR) is 106 cm³/mol. The van der Waals surface area contributed by atoms with E-state index in [-0.39, 0.29) is 0 Å². The molecule has 1 aliphatic heterocycles. The molecule has 1 saturated heterocycles. The Morgan fingerprint density at radius 2 is 2.00 bits per heavy atom. The second-order valence-electron chi connectivity index (χ2n) is 7.35. The lowest BCUT2D eigenvalue weighted by molar-refractivity contribution is 0.348. The fourth-order valence-electron chi connectivity index (χ4n) is 4.06. The summed E-state index contributed by atoms with van der Waals surface area (Å²) in [5, 5.41) is 5.82. The molecule has 4 rings (SSSR count). The Labute approximate surface area is 155 Å².